The van der Waals surface area contributed by atoms with Gasteiger partial charge in [0.05, 0.1) is 19.1 Å². The van der Waals surface area contributed by atoms with Crippen LogP contribution in [0.25, 0.3) is 0 Å². The lowest BCUT2D eigenvalue weighted by atomic mass is 10.00. The van der Waals surface area contributed by atoms with Gasteiger partial charge in [0.2, 0.25) is 5.89 Å². The van der Waals surface area contributed by atoms with Crippen LogP contribution in [0.1, 0.15) is 24.6 Å². The second-order valence-electron chi connectivity index (χ2n) is 4.73. The summed E-state index contributed by atoms with van der Waals surface area (Å²) in [6, 6.07) is 0. The minimum atomic E-state index is -0.540. The maximum Gasteiger partial charge on any atom is 0.306 e. The number of methoxy groups -OCH3 is 1. The number of likely N-dealkylation sites (N-methyl/N-ethyl adjacent to an activating group) is 1. The van der Waals surface area contributed by atoms with Gasteiger partial charge in [0.1, 0.15) is 0 Å². The van der Waals surface area contributed by atoms with Gasteiger partial charge in [0.25, 0.3) is 0 Å². The molecule has 18 heavy (non-hydrogen) atoms. The molecule has 1 saturated heterocycles. The Balaban J connectivity index is 2.00. The highest BCUT2D eigenvalue weighted by Gasteiger charge is 2.38. The lowest BCUT2D eigenvalue weighted by Gasteiger charge is -2.18. The van der Waals surface area contributed by atoms with Gasteiger partial charge in [0, 0.05) is 19.5 Å². The third-order valence-corrected chi connectivity index (χ3v) is 3.18. The number of carbonyl (C=O) groups excluding carboxylic acids is 1. The second kappa shape index (κ2) is 5.03. The van der Waals surface area contributed by atoms with Crippen LogP contribution in [-0.4, -0.2) is 48.3 Å². The van der Waals surface area contributed by atoms with E-state index < -0.39 is 5.54 Å². The molecule has 0 amide bonds. The Morgan fingerprint density at radius 3 is 3.06 bits per heavy atom. The van der Waals surface area contributed by atoms with Gasteiger partial charge >= 0.3 is 5.97 Å². The third kappa shape index (κ3) is 2.68. The lowest BCUT2D eigenvalue weighted by Crippen LogP contribution is -2.40. The lowest BCUT2D eigenvalue weighted by molar-refractivity contribution is -0.140. The van der Waals surface area contributed by atoms with E-state index in [-0.39, 0.29) is 12.4 Å². The fourth-order valence-electron chi connectivity index (χ4n) is 2.08. The van der Waals surface area contributed by atoms with Crippen molar-refractivity contribution in [2.24, 2.45) is 5.73 Å². The van der Waals surface area contributed by atoms with Gasteiger partial charge in [0.15, 0.2) is 5.82 Å². The van der Waals surface area contributed by atoms with Crippen molar-refractivity contribution in [1.29, 1.82) is 0 Å². The van der Waals surface area contributed by atoms with Crippen molar-refractivity contribution in [2.45, 2.75) is 24.8 Å². The predicted octanol–water partition coefficient (Wildman–Crippen LogP) is -0.335. The van der Waals surface area contributed by atoms with Crippen molar-refractivity contribution in [3.8, 4) is 0 Å². The van der Waals surface area contributed by atoms with E-state index in [0.717, 1.165) is 13.0 Å². The molecule has 1 aliphatic heterocycles. The van der Waals surface area contributed by atoms with Crippen molar-refractivity contribution < 1.29 is 14.1 Å². The van der Waals surface area contributed by atoms with Gasteiger partial charge in [-0.05, 0) is 13.5 Å². The van der Waals surface area contributed by atoms with Crippen molar-refractivity contribution in [3.63, 3.8) is 0 Å². The van der Waals surface area contributed by atoms with E-state index in [1.54, 1.807) is 0 Å². The molecule has 1 fully saturated rings. The average Bonchev–Trinajstić information content (AvgIpc) is 2.94. The van der Waals surface area contributed by atoms with Crippen molar-refractivity contribution in [1.82, 2.24) is 15.0 Å². The first kappa shape index (κ1) is 13.0. The summed E-state index contributed by atoms with van der Waals surface area (Å²) in [7, 11) is 3.36. The number of rotatable bonds is 4. The number of esters is 1. The highest BCUT2D eigenvalue weighted by atomic mass is 16.5. The number of nitrogens with two attached hydrogens (primary N) is 1. The van der Waals surface area contributed by atoms with Crippen LogP contribution in [0, 0.1) is 0 Å². The molecule has 2 heterocycles. The number of likely N-dealkylation sites (tertiary alicyclic amines) is 1. The van der Waals surface area contributed by atoms with Crippen LogP contribution in [0.5, 0.6) is 0 Å². The monoisotopic (exact) mass is 254 g/mol. The summed E-state index contributed by atoms with van der Waals surface area (Å²) in [5.74, 6) is 0.652. The fraction of sp³-hybridized carbons (Fsp3) is 0.727. The Bertz CT molecular complexity index is 434. The summed E-state index contributed by atoms with van der Waals surface area (Å²) in [6.07, 6.45) is 1.42. The van der Waals surface area contributed by atoms with Crippen LogP contribution in [0.4, 0.5) is 0 Å². The molecule has 1 aromatic rings. The summed E-state index contributed by atoms with van der Waals surface area (Å²) in [6.45, 7) is 1.63. The number of aromatic nitrogens is 2. The highest BCUT2D eigenvalue weighted by molar-refractivity contribution is 5.69. The summed E-state index contributed by atoms with van der Waals surface area (Å²) < 4.78 is 9.66. The van der Waals surface area contributed by atoms with Crippen LogP contribution >= 0.6 is 0 Å². The number of carbonyl (C=O) groups is 1. The first-order chi connectivity index (χ1) is 8.53. The Hall–Kier alpha value is -1.47. The maximum absolute atomic E-state index is 11.0. The second-order valence-corrected chi connectivity index (χ2v) is 4.73. The Labute approximate surface area is 105 Å². The summed E-state index contributed by atoms with van der Waals surface area (Å²) in [4.78, 5) is 17.4. The minimum absolute atomic E-state index is 0.232. The molecule has 0 bridgehead atoms. The zero-order valence-corrected chi connectivity index (χ0v) is 10.7. The molecule has 1 aromatic heterocycles. The Morgan fingerprint density at radius 2 is 2.44 bits per heavy atom. The van der Waals surface area contributed by atoms with Crippen LogP contribution < -0.4 is 5.73 Å². The fourth-order valence-corrected chi connectivity index (χ4v) is 2.08. The molecular formula is C11H18N4O3. The van der Waals surface area contributed by atoms with E-state index in [1.807, 2.05) is 7.05 Å². The number of hydrogen-bond acceptors (Lipinski definition) is 7. The average molecular weight is 254 g/mol. The van der Waals surface area contributed by atoms with Gasteiger partial charge in [-0.15, -0.1) is 0 Å². The highest BCUT2D eigenvalue weighted by Crippen LogP contribution is 2.26. The molecule has 0 spiro atoms. The normalized spacial score (nSPS) is 24.4. The zero-order valence-electron chi connectivity index (χ0n) is 10.7. The third-order valence-electron chi connectivity index (χ3n) is 3.18. The van der Waals surface area contributed by atoms with Crippen LogP contribution in [-0.2, 0) is 21.5 Å². The van der Waals surface area contributed by atoms with Crippen LogP contribution in [0.3, 0.4) is 0 Å². The van der Waals surface area contributed by atoms with Gasteiger partial charge in [-0.25, -0.2) is 0 Å². The number of hydrogen-bond donors (Lipinski definition) is 1. The number of nitrogens with zero attached hydrogens (tertiary/aromatic N) is 3. The number of aryl methyl sites for hydroxylation is 1. The van der Waals surface area contributed by atoms with E-state index >= 15 is 0 Å². The van der Waals surface area contributed by atoms with Gasteiger partial charge < -0.3 is 19.9 Å². The van der Waals surface area contributed by atoms with Gasteiger partial charge in [-0.3, -0.25) is 4.79 Å². The summed E-state index contributed by atoms with van der Waals surface area (Å²) in [5, 5.41) is 3.92. The molecule has 7 nitrogen and oxygen atoms in total. The molecule has 100 valence electrons. The van der Waals surface area contributed by atoms with E-state index in [0.29, 0.717) is 24.7 Å². The molecule has 2 rings (SSSR count). The van der Waals surface area contributed by atoms with Gasteiger partial charge in [-0.1, -0.05) is 5.16 Å². The largest absolute Gasteiger partial charge is 0.469 e. The molecule has 7 heteroatoms. The van der Waals surface area contributed by atoms with E-state index in [1.165, 1.54) is 7.11 Å². The molecule has 1 unspecified atom stereocenters. The topological polar surface area (TPSA) is 94.5 Å². The van der Waals surface area contributed by atoms with E-state index in [2.05, 4.69) is 19.8 Å². The zero-order chi connectivity index (χ0) is 13.2. The molecular weight excluding hydrogens is 236 g/mol. The van der Waals surface area contributed by atoms with Crippen molar-refractivity contribution in [2.75, 3.05) is 27.2 Å². The van der Waals surface area contributed by atoms with Crippen LogP contribution in [0.2, 0.25) is 0 Å². The summed E-state index contributed by atoms with van der Waals surface area (Å²) in [5.41, 5.74) is 5.71. The standard InChI is InChI=1S/C11H18N4O3/c1-15-6-5-11(12,7-15)10-13-8(18-14-10)3-4-9(16)17-2/h3-7,12H2,1-2H3. The first-order valence-corrected chi connectivity index (χ1v) is 5.91. The SMILES string of the molecule is COC(=O)CCc1nc(C2(N)CCN(C)C2)no1. The smallest absolute Gasteiger partial charge is 0.306 e. The predicted molar refractivity (Wildman–Crippen MR) is 62.6 cm³/mol. The molecule has 1 aliphatic rings. The van der Waals surface area contributed by atoms with E-state index in [4.69, 9.17) is 10.3 Å². The molecule has 0 aliphatic carbocycles. The molecule has 0 saturated carbocycles. The Morgan fingerprint density at radius 1 is 1.67 bits per heavy atom. The number of ether oxygens (including phenoxy) is 1. The maximum atomic E-state index is 11.0. The molecule has 0 radical (unpaired) electrons. The molecule has 0 aromatic carbocycles. The van der Waals surface area contributed by atoms with Crippen LogP contribution in [0.15, 0.2) is 4.52 Å². The first-order valence-electron chi connectivity index (χ1n) is 5.91. The minimum Gasteiger partial charge on any atom is -0.469 e. The summed E-state index contributed by atoms with van der Waals surface area (Å²) >= 11 is 0. The quantitative estimate of drug-likeness (QED) is 0.735. The van der Waals surface area contributed by atoms with Crippen molar-refractivity contribution in [3.05, 3.63) is 11.7 Å². The Kier molecular flexibility index (Phi) is 3.63. The van der Waals surface area contributed by atoms with Crippen molar-refractivity contribution >= 4 is 5.97 Å². The van der Waals surface area contributed by atoms with Gasteiger partial charge in [-0.2, -0.15) is 4.98 Å². The van der Waals surface area contributed by atoms with E-state index in [9.17, 15) is 4.79 Å². The molecule has 2 N–H and O–H groups in total. The molecule has 1 atom stereocenters.